The van der Waals surface area contributed by atoms with Gasteiger partial charge in [0.25, 0.3) is 0 Å². The maximum atomic E-state index is 11.6. The van der Waals surface area contributed by atoms with Crippen molar-refractivity contribution in [3.63, 3.8) is 0 Å². The Labute approximate surface area is 134 Å². The predicted molar refractivity (Wildman–Crippen MR) is 87.7 cm³/mol. The highest BCUT2D eigenvalue weighted by atomic mass is 32.2. The van der Waals surface area contributed by atoms with Crippen molar-refractivity contribution in [3.8, 4) is 16.9 Å². The van der Waals surface area contributed by atoms with Gasteiger partial charge < -0.3 is 0 Å². The van der Waals surface area contributed by atoms with Crippen molar-refractivity contribution in [2.75, 3.05) is 10.5 Å². The van der Waals surface area contributed by atoms with Gasteiger partial charge in [-0.1, -0.05) is 6.07 Å². The van der Waals surface area contributed by atoms with Crippen LogP contribution in [0.4, 0.5) is 5.82 Å². The maximum Gasteiger partial charge on any atom is 0.233 e. The third kappa shape index (κ3) is 3.54. The molecule has 0 saturated carbocycles. The SMILES string of the molecule is CCS(=O)(=O)Nc1cccc(-c2cnn(-c3cccnc3)c2)n1. The topological polar surface area (TPSA) is 89.8 Å². The van der Waals surface area contributed by atoms with Crippen LogP contribution in [0.2, 0.25) is 0 Å². The number of nitrogens with zero attached hydrogens (tertiary/aromatic N) is 4. The molecule has 1 N–H and O–H groups in total. The fraction of sp³-hybridized carbons (Fsp3) is 0.133. The molecule has 0 aliphatic heterocycles. The van der Waals surface area contributed by atoms with Crippen LogP contribution in [0, 0.1) is 0 Å². The van der Waals surface area contributed by atoms with Gasteiger partial charge in [0.05, 0.1) is 29.5 Å². The molecule has 3 rings (SSSR count). The summed E-state index contributed by atoms with van der Waals surface area (Å²) in [5.41, 5.74) is 2.25. The molecule has 3 heterocycles. The summed E-state index contributed by atoms with van der Waals surface area (Å²) in [6.45, 7) is 1.57. The van der Waals surface area contributed by atoms with Gasteiger partial charge in [0, 0.05) is 18.0 Å². The van der Waals surface area contributed by atoms with E-state index in [0.29, 0.717) is 11.5 Å². The zero-order valence-electron chi connectivity index (χ0n) is 12.4. The van der Waals surface area contributed by atoms with E-state index in [0.717, 1.165) is 11.3 Å². The van der Waals surface area contributed by atoms with Crippen LogP contribution in [0.15, 0.2) is 55.1 Å². The summed E-state index contributed by atoms with van der Waals surface area (Å²) in [5.74, 6) is 0.288. The van der Waals surface area contributed by atoms with Gasteiger partial charge in [-0.05, 0) is 31.2 Å². The van der Waals surface area contributed by atoms with Crippen molar-refractivity contribution >= 4 is 15.8 Å². The number of hydrogen-bond acceptors (Lipinski definition) is 5. The molecule has 0 bridgehead atoms. The van der Waals surface area contributed by atoms with Crippen LogP contribution >= 0.6 is 0 Å². The van der Waals surface area contributed by atoms with E-state index < -0.39 is 10.0 Å². The summed E-state index contributed by atoms with van der Waals surface area (Å²) < 4.78 is 27.4. The first kappa shape index (κ1) is 15.2. The maximum absolute atomic E-state index is 11.6. The lowest BCUT2D eigenvalue weighted by Gasteiger charge is -2.06. The molecule has 0 atom stereocenters. The zero-order chi connectivity index (χ0) is 16.3. The molecule has 0 aromatic carbocycles. The van der Waals surface area contributed by atoms with E-state index >= 15 is 0 Å². The number of pyridine rings is 2. The second kappa shape index (κ2) is 6.17. The Balaban J connectivity index is 1.90. The van der Waals surface area contributed by atoms with E-state index in [4.69, 9.17) is 0 Å². The lowest BCUT2D eigenvalue weighted by atomic mass is 10.2. The summed E-state index contributed by atoms with van der Waals surface area (Å²) >= 11 is 0. The fourth-order valence-corrected chi connectivity index (χ4v) is 2.55. The number of nitrogens with one attached hydrogen (secondary N) is 1. The molecule has 0 aliphatic carbocycles. The fourth-order valence-electron chi connectivity index (χ4n) is 1.97. The Morgan fingerprint density at radius 2 is 2.04 bits per heavy atom. The third-order valence-electron chi connectivity index (χ3n) is 3.18. The molecule has 3 aromatic heterocycles. The van der Waals surface area contributed by atoms with E-state index in [1.54, 1.807) is 48.4 Å². The van der Waals surface area contributed by atoms with Crippen LogP contribution in [0.1, 0.15) is 6.92 Å². The van der Waals surface area contributed by atoms with Crippen LogP contribution in [0.25, 0.3) is 16.9 Å². The van der Waals surface area contributed by atoms with Crippen LogP contribution < -0.4 is 4.72 Å². The Morgan fingerprint density at radius 1 is 1.17 bits per heavy atom. The minimum absolute atomic E-state index is 0.00214. The molecular weight excluding hydrogens is 314 g/mol. The van der Waals surface area contributed by atoms with Gasteiger partial charge in [0.15, 0.2) is 0 Å². The van der Waals surface area contributed by atoms with E-state index in [-0.39, 0.29) is 5.75 Å². The van der Waals surface area contributed by atoms with Crippen molar-refractivity contribution in [1.82, 2.24) is 19.7 Å². The van der Waals surface area contributed by atoms with Crippen molar-refractivity contribution in [2.45, 2.75) is 6.92 Å². The van der Waals surface area contributed by atoms with Crippen LogP contribution in [0.5, 0.6) is 0 Å². The van der Waals surface area contributed by atoms with E-state index in [2.05, 4.69) is 19.8 Å². The summed E-state index contributed by atoms with van der Waals surface area (Å²) in [7, 11) is -3.35. The molecule has 3 aromatic rings. The summed E-state index contributed by atoms with van der Waals surface area (Å²) in [4.78, 5) is 8.38. The van der Waals surface area contributed by atoms with Crippen LogP contribution in [-0.2, 0) is 10.0 Å². The number of hydrogen-bond donors (Lipinski definition) is 1. The Hall–Kier alpha value is -2.74. The van der Waals surface area contributed by atoms with Gasteiger partial charge >= 0.3 is 0 Å². The first-order chi connectivity index (χ1) is 11.1. The Bertz CT molecular complexity index is 906. The van der Waals surface area contributed by atoms with Gasteiger partial charge in [-0.25, -0.2) is 18.1 Å². The standard InChI is InChI=1S/C15H15N5O2S/c1-2-23(21,22)19-15-7-3-6-14(18-15)12-9-17-20(11-12)13-5-4-8-16-10-13/h3-11H,2H2,1H3,(H,18,19). The molecule has 0 aliphatic rings. The van der Waals surface area contributed by atoms with Crippen LogP contribution in [-0.4, -0.2) is 33.9 Å². The first-order valence-corrected chi connectivity index (χ1v) is 8.65. The molecule has 0 spiro atoms. The highest BCUT2D eigenvalue weighted by Crippen LogP contribution is 2.20. The molecule has 0 fully saturated rings. The first-order valence-electron chi connectivity index (χ1n) is 7.00. The molecule has 0 radical (unpaired) electrons. The normalized spacial score (nSPS) is 11.3. The Morgan fingerprint density at radius 3 is 2.78 bits per heavy atom. The summed E-state index contributed by atoms with van der Waals surface area (Å²) in [6.07, 6.45) is 6.89. The highest BCUT2D eigenvalue weighted by Gasteiger charge is 2.10. The quantitative estimate of drug-likeness (QED) is 0.774. The van der Waals surface area contributed by atoms with Crippen molar-refractivity contribution in [1.29, 1.82) is 0 Å². The highest BCUT2D eigenvalue weighted by molar-refractivity contribution is 7.92. The van der Waals surface area contributed by atoms with Crippen molar-refractivity contribution < 1.29 is 8.42 Å². The van der Waals surface area contributed by atoms with Gasteiger partial charge in [-0.2, -0.15) is 5.10 Å². The van der Waals surface area contributed by atoms with Crippen molar-refractivity contribution in [2.24, 2.45) is 0 Å². The third-order valence-corrected chi connectivity index (χ3v) is 4.46. The van der Waals surface area contributed by atoms with Gasteiger partial charge in [-0.15, -0.1) is 0 Å². The lowest BCUT2D eigenvalue weighted by molar-refractivity contribution is 0.602. The zero-order valence-corrected chi connectivity index (χ0v) is 13.2. The van der Waals surface area contributed by atoms with E-state index in [1.165, 1.54) is 0 Å². The van der Waals surface area contributed by atoms with Crippen molar-refractivity contribution in [3.05, 3.63) is 55.1 Å². The second-order valence-electron chi connectivity index (χ2n) is 4.80. The van der Waals surface area contributed by atoms with Gasteiger partial charge in [-0.3, -0.25) is 9.71 Å². The molecule has 0 unspecified atom stereocenters. The molecule has 0 amide bonds. The average Bonchev–Trinajstić information content (AvgIpc) is 3.06. The van der Waals surface area contributed by atoms with Gasteiger partial charge in [0.2, 0.25) is 10.0 Å². The summed E-state index contributed by atoms with van der Waals surface area (Å²) in [5, 5.41) is 4.28. The molecule has 8 heteroatoms. The number of sulfonamides is 1. The molecule has 7 nitrogen and oxygen atoms in total. The predicted octanol–water partition coefficient (Wildman–Crippen LogP) is 2.09. The largest absolute Gasteiger partial charge is 0.267 e. The van der Waals surface area contributed by atoms with E-state index in [9.17, 15) is 8.42 Å². The van der Waals surface area contributed by atoms with Gasteiger partial charge in [0.1, 0.15) is 5.82 Å². The lowest BCUT2D eigenvalue weighted by Crippen LogP contribution is -2.15. The number of rotatable bonds is 5. The molecule has 23 heavy (non-hydrogen) atoms. The minimum atomic E-state index is -3.35. The summed E-state index contributed by atoms with van der Waals surface area (Å²) in [6, 6.07) is 8.88. The smallest absolute Gasteiger partial charge is 0.233 e. The monoisotopic (exact) mass is 329 g/mol. The molecule has 118 valence electrons. The molecular formula is C15H15N5O2S. The second-order valence-corrected chi connectivity index (χ2v) is 6.81. The minimum Gasteiger partial charge on any atom is -0.267 e. The molecule has 0 saturated heterocycles. The Kier molecular flexibility index (Phi) is 4.07. The van der Waals surface area contributed by atoms with E-state index in [1.807, 2.05) is 18.3 Å². The van der Waals surface area contributed by atoms with Crippen LogP contribution in [0.3, 0.4) is 0 Å². The number of anilines is 1. The number of aromatic nitrogens is 4. The average molecular weight is 329 g/mol.